The van der Waals surface area contributed by atoms with Gasteiger partial charge in [0.25, 0.3) is 11.8 Å². The van der Waals surface area contributed by atoms with E-state index < -0.39 is 0 Å². The van der Waals surface area contributed by atoms with Crippen LogP contribution >= 0.6 is 0 Å². The van der Waals surface area contributed by atoms with E-state index in [1.54, 1.807) is 18.2 Å². The Morgan fingerprint density at radius 1 is 0.941 bits per heavy atom. The van der Waals surface area contributed by atoms with Crippen LogP contribution in [0.15, 0.2) is 71.1 Å². The topological polar surface area (TPSA) is 99.0 Å². The number of hydrogen-bond acceptors (Lipinski definition) is 6. The van der Waals surface area contributed by atoms with Gasteiger partial charge >= 0.3 is 0 Å². The van der Waals surface area contributed by atoms with Crippen LogP contribution in [0.1, 0.15) is 34.7 Å². The Bertz CT molecular complexity index is 1080. The Morgan fingerprint density at radius 3 is 2.59 bits per heavy atom. The van der Waals surface area contributed by atoms with Crippen LogP contribution in [-0.2, 0) is 22.7 Å². The van der Waals surface area contributed by atoms with Crippen molar-refractivity contribution in [2.75, 3.05) is 19.8 Å². The van der Waals surface area contributed by atoms with Crippen molar-refractivity contribution in [2.24, 2.45) is 0 Å². The molecule has 8 heteroatoms. The van der Waals surface area contributed by atoms with Gasteiger partial charge in [0.05, 0.1) is 6.10 Å². The van der Waals surface area contributed by atoms with E-state index in [2.05, 4.69) is 10.6 Å². The molecule has 0 spiro atoms. The quantitative estimate of drug-likeness (QED) is 0.451. The summed E-state index contributed by atoms with van der Waals surface area (Å²) in [6.07, 6.45) is 2.07. The number of benzene rings is 2. The molecule has 3 aromatic rings. The van der Waals surface area contributed by atoms with Crippen LogP contribution in [0.3, 0.4) is 0 Å². The molecule has 1 aromatic heterocycles. The molecule has 4 rings (SSSR count). The predicted molar refractivity (Wildman–Crippen MR) is 125 cm³/mol. The summed E-state index contributed by atoms with van der Waals surface area (Å²) in [7, 11) is 0. The second-order valence-corrected chi connectivity index (χ2v) is 7.89. The molecule has 0 saturated carbocycles. The first kappa shape index (κ1) is 23.4. The number of carbonyl (C=O) groups excluding carboxylic acids is 2. The van der Waals surface area contributed by atoms with Gasteiger partial charge in [-0.1, -0.05) is 36.4 Å². The van der Waals surface area contributed by atoms with Crippen molar-refractivity contribution in [2.45, 2.75) is 32.1 Å². The summed E-state index contributed by atoms with van der Waals surface area (Å²) >= 11 is 0. The molecule has 0 radical (unpaired) electrons. The molecule has 2 heterocycles. The third kappa shape index (κ3) is 6.86. The van der Waals surface area contributed by atoms with Gasteiger partial charge in [0.15, 0.2) is 12.4 Å². The number of nitrogens with one attached hydrogen (secondary N) is 2. The molecule has 1 aliphatic heterocycles. The number of furan rings is 1. The number of para-hydroxylation sites is 2. The zero-order chi connectivity index (χ0) is 23.6. The molecule has 1 saturated heterocycles. The fourth-order valence-electron chi connectivity index (χ4n) is 3.53. The third-order valence-electron chi connectivity index (χ3n) is 5.33. The molecule has 34 heavy (non-hydrogen) atoms. The number of rotatable bonds is 11. The van der Waals surface area contributed by atoms with Crippen LogP contribution in [0.2, 0.25) is 0 Å². The lowest BCUT2D eigenvalue weighted by Gasteiger charge is -2.13. The minimum atomic E-state index is -0.352. The zero-order valence-electron chi connectivity index (χ0n) is 18.8. The standard InChI is InChI=1S/C26H28N2O6/c29-25(27-16-21-10-6-14-31-21)18-33-23-11-5-4-7-19(23)15-28-26(30)24-13-12-22(34-24)17-32-20-8-2-1-3-9-20/h1-5,7-9,11-13,21H,6,10,14-18H2,(H,27,29)(H,28,30)/t21-/m1/s1. The van der Waals surface area contributed by atoms with Crippen molar-refractivity contribution in [1.29, 1.82) is 0 Å². The lowest BCUT2D eigenvalue weighted by molar-refractivity contribution is -0.123. The molecule has 2 aromatic carbocycles. The Labute approximate surface area is 198 Å². The number of carbonyl (C=O) groups is 2. The lowest BCUT2D eigenvalue weighted by atomic mass is 10.2. The van der Waals surface area contributed by atoms with Crippen LogP contribution in [0, 0.1) is 0 Å². The van der Waals surface area contributed by atoms with E-state index in [0.29, 0.717) is 18.1 Å². The minimum Gasteiger partial charge on any atom is -0.486 e. The van der Waals surface area contributed by atoms with Crippen LogP contribution in [0.5, 0.6) is 11.5 Å². The van der Waals surface area contributed by atoms with Crippen molar-refractivity contribution in [1.82, 2.24) is 10.6 Å². The van der Waals surface area contributed by atoms with E-state index in [4.69, 9.17) is 18.6 Å². The fraction of sp³-hybridized carbons (Fsp3) is 0.308. The summed E-state index contributed by atoms with van der Waals surface area (Å²) in [6.45, 7) is 1.57. The molecular weight excluding hydrogens is 436 g/mol. The van der Waals surface area contributed by atoms with Gasteiger partial charge in [-0.05, 0) is 43.2 Å². The fourth-order valence-corrected chi connectivity index (χ4v) is 3.53. The number of amides is 2. The lowest BCUT2D eigenvalue weighted by Crippen LogP contribution is -2.35. The van der Waals surface area contributed by atoms with Gasteiger partial charge in [0, 0.05) is 25.3 Å². The molecule has 2 amide bonds. The predicted octanol–water partition coefficient (Wildman–Crippen LogP) is 3.46. The molecular formula is C26H28N2O6. The Kier molecular flexibility index (Phi) is 8.18. The van der Waals surface area contributed by atoms with Crippen molar-refractivity contribution < 1.29 is 28.2 Å². The second-order valence-electron chi connectivity index (χ2n) is 7.89. The van der Waals surface area contributed by atoms with Crippen molar-refractivity contribution in [3.63, 3.8) is 0 Å². The SMILES string of the molecule is O=C(COc1ccccc1CNC(=O)c1ccc(COc2ccccc2)o1)NC[C@H]1CCCO1. The van der Waals surface area contributed by atoms with Crippen LogP contribution in [0.25, 0.3) is 0 Å². The van der Waals surface area contributed by atoms with Crippen molar-refractivity contribution in [3.05, 3.63) is 83.8 Å². The van der Waals surface area contributed by atoms with Crippen LogP contribution in [-0.4, -0.2) is 37.7 Å². The summed E-state index contributed by atoms with van der Waals surface area (Å²) in [4.78, 5) is 24.6. The second kappa shape index (κ2) is 11.9. The highest BCUT2D eigenvalue weighted by molar-refractivity contribution is 5.91. The average molecular weight is 465 g/mol. The monoisotopic (exact) mass is 464 g/mol. The Hall–Kier alpha value is -3.78. The first-order chi connectivity index (χ1) is 16.7. The summed E-state index contributed by atoms with van der Waals surface area (Å²) in [5.74, 6) is 1.43. The number of ether oxygens (including phenoxy) is 3. The molecule has 0 aliphatic carbocycles. The molecule has 1 fully saturated rings. The smallest absolute Gasteiger partial charge is 0.287 e. The highest BCUT2D eigenvalue weighted by Gasteiger charge is 2.17. The van der Waals surface area contributed by atoms with Gasteiger partial charge in [0.1, 0.15) is 23.9 Å². The first-order valence-electron chi connectivity index (χ1n) is 11.3. The van der Waals surface area contributed by atoms with E-state index in [9.17, 15) is 9.59 Å². The van der Waals surface area contributed by atoms with E-state index in [1.165, 1.54) is 0 Å². The van der Waals surface area contributed by atoms with Gasteiger partial charge in [-0.2, -0.15) is 0 Å². The number of hydrogen-bond donors (Lipinski definition) is 2. The zero-order valence-corrected chi connectivity index (χ0v) is 18.8. The van der Waals surface area contributed by atoms with Gasteiger partial charge in [-0.15, -0.1) is 0 Å². The summed E-state index contributed by atoms with van der Waals surface area (Å²) in [5, 5.41) is 5.65. The maximum absolute atomic E-state index is 12.5. The molecule has 178 valence electrons. The van der Waals surface area contributed by atoms with Gasteiger partial charge in [-0.3, -0.25) is 9.59 Å². The maximum atomic E-state index is 12.5. The molecule has 8 nitrogen and oxygen atoms in total. The first-order valence-corrected chi connectivity index (χ1v) is 11.3. The van der Waals surface area contributed by atoms with E-state index in [1.807, 2.05) is 48.5 Å². The molecule has 0 unspecified atom stereocenters. The van der Waals surface area contributed by atoms with Crippen LogP contribution < -0.4 is 20.1 Å². The minimum absolute atomic E-state index is 0.0819. The Balaban J connectivity index is 1.23. The van der Waals surface area contributed by atoms with E-state index in [-0.39, 0.29) is 43.4 Å². The summed E-state index contributed by atoms with van der Waals surface area (Å²) in [6, 6.07) is 20.0. The molecule has 2 N–H and O–H groups in total. The average Bonchev–Trinajstić information content (AvgIpc) is 3.57. The summed E-state index contributed by atoms with van der Waals surface area (Å²) < 4.78 is 22.4. The van der Waals surface area contributed by atoms with Crippen molar-refractivity contribution >= 4 is 11.8 Å². The van der Waals surface area contributed by atoms with Gasteiger partial charge in [-0.25, -0.2) is 0 Å². The Morgan fingerprint density at radius 2 is 1.76 bits per heavy atom. The van der Waals surface area contributed by atoms with Crippen molar-refractivity contribution in [3.8, 4) is 11.5 Å². The third-order valence-corrected chi connectivity index (χ3v) is 5.33. The largest absolute Gasteiger partial charge is 0.486 e. The van der Waals surface area contributed by atoms with Crippen LogP contribution in [0.4, 0.5) is 0 Å². The molecule has 0 bridgehead atoms. The van der Waals surface area contributed by atoms with Gasteiger partial charge < -0.3 is 29.3 Å². The van der Waals surface area contributed by atoms with E-state index >= 15 is 0 Å². The molecule has 1 atom stereocenters. The maximum Gasteiger partial charge on any atom is 0.287 e. The molecule has 1 aliphatic rings. The highest BCUT2D eigenvalue weighted by atomic mass is 16.5. The summed E-state index contributed by atoms with van der Waals surface area (Å²) in [5.41, 5.74) is 0.752. The van der Waals surface area contributed by atoms with Gasteiger partial charge in [0.2, 0.25) is 0 Å². The normalized spacial score (nSPS) is 15.0. The van der Waals surface area contributed by atoms with E-state index in [0.717, 1.165) is 30.8 Å². The highest BCUT2D eigenvalue weighted by Crippen LogP contribution is 2.19.